The Kier molecular flexibility index (Phi) is 5.63. The molecule has 5 heteroatoms. The number of ether oxygens (including phenoxy) is 1. The zero-order valence-corrected chi connectivity index (χ0v) is 18.6. The number of rotatable bonds is 4. The zero-order chi connectivity index (χ0) is 21.7. The summed E-state index contributed by atoms with van der Waals surface area (Å²) in [5, 5.41) is 19.2. The number of aliphatic hydroxyl groups is 1. The van der Waals surface area contributed by atoms with Crippen molar-refractivity contribution < 1.29 is 24.5 Å². The maximum atomic E-state index is 11.9. The highest BCUT2D eigenvalue weighted by Crippen LogP contribution is 2.66. The fraction of sp³-hybridized carbons (Fsp3) is 0.760. The second-order valence-electron chi connectivity index (χ2n) is 10.5. The minimum Gasteiger partial charge on any atom is -0.478 e. The molecule has 3 saturated carbocycles. The molecule has 0 aromatic heterocycles. The van der Waals surface area contributed by atoms with Gasteiger partial charge in [0.1, 0.15) is 6.10 Å². The number of carbonyl (C=O) groups is 2. The average molecular weight is 417 g/mol. The Morgan fingerprint density at radius 2 is 1.83 bits per heavy atom. The molecule has 30 heavy (non-hydrogen) atoms. The molecule has 0 heterocycles. The Morgan fingerprint density at radius 3 is 2.50 bits per heavy atom. The number of esters is 1. The van der Waals surface area contributed by atoms with Gasteiger partial charge in [-0.05, 0) is 73.5 Å². The van der Waals surface area contributed by atoms with E-state index in [9.17, 15) is 19.8 Å². The molecule has 166 valence electrons. The van der Waals surface area contributed by atoms with Gasteiger partial charge in [-0.25, -0.2) is 4.79 Å². The number of hydrogen-bond donors (Lipinski definition) is 2. The summed E-state index contributed by atoms with van der Waals surface area (Å²) in [5.41, 5.74) is 3.16. The lowest BCUT2D eigenvalue weighted by atomic mass is 9.47. The van der Waals surface area contributed by atoms with Crippen molar-refractivity contribution in [3.63, 3.8) is 0 Å². The number of carboxylic acids is 1. The molecule has 2 N–H and O–H groups in total. The first-order valence-corrected chi connectivity index (χ1v) is 11.6. The Hall–Kier alpha value is -1.62. The lowest BCUT2D eigenvalue weighted by molar-refractivity contribution is -0.148. The number of aliphatic hydroxyl groups excluding tert-OH is 1. The SMILES string of the molecule is CC(=O)O[C@H]1CC[C@@]2(C)C(=CC[C@@H]3[C@@H]2CC[C@]2(C)C(=C(CCO)C(=O)O)CC[C@@H]32)C1. The molecular formula is C25H36O5. The number of carboxylic acid groups (broad SMARTS) is 1. The first-order chi connectivity index (χ1) is 14.2. The van der Waals surface area contributed by atoms with Gasteiger partial charge in [-0.15, -0.1) is 0 Å². The van der Waals surface area contributed by atoms with Crippen LogP contribution in [0.2, 0.25) is 0 Å². The van der Waals surface area contributed by atoms with E-state index in [0.29, 0.717) is 23.3 Å². The van der Waals surface area contributed by atoms with E-state index < -0.39 is 5.97 Å². The first-order valence-electron chi connectivity index (χ1n) is 11.6. The number of hydrogen-bond acceptors (Lipinski definition) is 4. The summed E-state index contributed by atoms with van der Waals surface area (Å²) < 4.78 is 5.53. The Bertz CT molecular complexity index is 795. The van der Waals surface area contributed by atoms with Gasteiger partial charge in [-0.1, -0.05) is 31.1 Å². The highest BCUT2D eigenvalue weighted by atomic mass is 16.5. The van der Waals surface area contributed by atoms with Crippen LogP contribution >= 0.6 is 0 Å². The van der Waals surface area contributed by atoms with Crippen LogP contribution in [0.5, 0.6) is 0 Å². The zero-order valence-electron chi connectivity index (χ0n) is 18.6. The molecule has 4 rings (SSSR count). The van der Waals surface area contributed by atoms with Crippen molar-refractivity contribution in [1.82, 2.24) is 0 Å². The number of aliphatic carboxylic acids is 1. The van der Waals surface area contributed by atoms with Crippen molar-refractivity contribution >= 4 is 11.9 Å². The summed E-state index contributed by atoms with van der Waals surface area (Å²) in [4.78, 5) is 23.3. The molecular weight excluding hydrogens is 380 g/mol. The van der Waals surface area contributed by atoms with Crippen molar-refractivity contribution in [3.05, 3.63) is 22.8 Å². The van der Waals surface area contributed by atoms with Crippen LogP contribution in [0, 0.1) is 28.6 Å². The molecule has 4 aliphatic carbocycles. The Balaban J connectivity index is 1.62. The van der Waals surface area contributed by atoms with E-state index in [0.717, 1.165) is 56.9 Å². The molecule has 4 aliphatic rings. The molecule has 0 spiro atoms. The van der Waals surface area contributed by atoms with Gasteiger partial charge >= 0.3 is 11.9 Å². The largest absolute Gasteiger partial charge is 0.478 e. The molecule has 0 aliphatic heterocycles. The molecule has 0 bridgehead atoms. The van der Waals surface area contributed by atoms with E-state index in [1.807, 2.05) is 0 Å². The standard InChI is InChI=1S/C25H36O5/c1-15(27)30-17-8-11-24(2)16(14-17)4-5-18-20-6-7-21(19(10-13-26)23(28)29)25(20,3)12-9-22(18)24/h4,17-18,20,22,26H,5-14H2,1-3H3,(H,28,29)/t17-,18-,20-,22-,24-,25-/m0/s1. The average Bonchev–Trinajstić information content (AvgIpc) is 3.02. The Labute approximate surface area is 179 Å². The van der Waals surface area contributed by atoms with Crippen LogP contribution in [0.15, 0.2) is 22.8 Å². The first kappa shape index (κ1) is 21.6. The fourth-order valence-electron chi connectivity index (χ4n) is 7.77. The molecule has 0 aromatic carbocycles. The van der Waals surface area contributed by atoms with Gasteiger partial charge < -0.3 is 14.9 Å². The monoisotopic (exact) mass is 416 g/mol. The van der Waals surface area contributed by atoms with Crippen LogP contribution in [-0.4, -0.2) is 34.9 Å². The van der Waals surface area contributed by atoms with E-state index in [4.69, 9.17) is 4.74 Å². The third-order valence-electron chi connectivity index (χ3n) is 9.16. The van der Waals surface area contributed by atoms with Gasteiger partial charge in [-0.3, -0.25) is 4.79 Å². The molecule has 0 unspecified atom stereocenters. The number of carbonyl (C=O) groups excluding carboxylic acids is 1. The van der Waals surface area contributed by atoms with Gasteiger partial charge in [0.2, 0.25) is 0 Å². The van der Waals surface area contributed by atoms with Gasteiger partial charge in [0.25, 0.3) is 0 Å². The summed E-state index contributed by atoms with van der Waals surface area (Å²) in [6, 6.07) is 0. The van der Waals surface area contributed by atoms with Crippen molar-refractivity contribution in [1.29, 1.82) is 0 Å². The van der Waals surface area contributed by atoms with E-state index >= 15 is 0 Å². The lowest BCUT2D eigenvalue weighted by Crippen LogP contribution is -2.50. The third kappa shape index (κ3) is 3.34. The van der Waals surface area contributed by atoms with Crippen molar-refractivity contribution in [2.45, 2.75) is 84.7 Å². The van der Waals surface area contributed by atoms with Crippen molar-refractivity contribution in [2.75, 3.05) is 6.61 Å². The second-order valence-corrected chi connectivity index (χ2v) is 10.5. The maximum absolute atomic E-state index is 11.9. The quantitative estimate of drug-likeness (QED) is 0.396. The molecule has 0 saturated heterocycles. The molecule has 0 radical (unpaired) electrons. The number of fused-ring (bicyclic) bond motifs is 5. The van der Waals surface area contributed by atoms with Crippen molar-refractivity contribution in [3.8, 4) is 0 Å². The van der Waals surface area contributed by atoms with Crippen LogP contribution in [-0.2, 0) is 14.3 Å². The van der Waals surface area contributed by atoms with Crippen LogP contribution in [0.1, 0.15) is 78.6 Å². The van der Waals surface area contributed by atoms with Gasteiger partial charge in [-0.2, -0.15) is 0 Å². The normalized spacial score (nSPS) is 41.8. The minimum absolute atomic E-state index is 0.0184. The summed E-state index contributed by atoms with van der Waals surface area (Å²) in [6.45, 7) is 6.10. The lowest BCUT2D eigenvalue weighted by Gasteiger charge is -2.57. The fourth-order valence-corrected chi connectivity index (χ4v) is 7.77. The third-order valence-corrected chi connectivity index (χ3v) is 9.16. The van der Waals surface area contributed by atoms with Crippen LogP contribution < -0.4 is 0 Å². The van der Waals surface area contributed by atoms with E-state index in [2.05, 4.69) is 19.9 Å². The summed E-state index contributed by atoms with van der Waals surface area (Å²) in [5.74, 6) is 0.683. The Morgan fingerprint density at radius 1 is 1.13 bits per heavy atom. The summed E-state index contributed by atoms with van der Waals surface area (Å²) in [6.07, 6.45) is 10.7. The summed E-state index contributed by atoms with van der Waals surface area (Å²) in [7, 11) is 0. The number of allylic oxidation sites excluding steroid dienone is 2. The molecule has 3 fully saturated rings. The summed E-state index contributed by atoms with van der Waals surface area (Å²) >= 11 is 0. The molecule has 0 aromatic rings. The van der Waals surface area contributed by atoms with Gasteiger partial charge in [0, 0.05) is 31.9 Å². The molecule has 0 amide bonds. The second kappa shape index (κ2) is 7.81. The predicted octanol–water partition coefficient (Wildman–Crippen LogP) is 4.64. The maximum Gasteiger partial charge on any atom is 0.331 e. The van der Waals surface area contributed by atoms with Crippen molar-refractivity contribution in [2.24, 2.45) is 28.6 Å². The van der Waals surface area contributed by atoms with Crippen LogP contribution in [0.3, 0.4) is 0 Å². The van der Waals surface area contributed by atoms with E-state index in [-0.39, 0.29) is 35.9 Å². The van der Waals surface area contributed by atoms with Gasteiger partial charge in [0.15, 0.2) is 0 Å². The van der Waals surface area contributed by atoms with Crippen LogP contribution in [0.25, 0.3) is 0 Å². The smallest absolute Gasteiger partial charge is 0.331 e. The van der Waals surface area contributed by atoms with Crippen LogP contribution in [0.4, 0.5) is 0 Å². The van der Waals surface area contributed by atoms with E-state index in [1.165, 1.54) is 12.5 Å². The molecule has 5 nitrogen and oxygen atoms in total. The highest BCUT2D eigenvalue weighted by Gasteiger charge is 2.57. The molecule has 6 atom stereocenters. The highest BCUT2D eigenvalue weighted by molar-refractivity contribution is 5.88. The topological polar surface area (TPSA) is 83.8 Å². The van der Waals surface area contributed by atoms with Gasteiger partial charge in [0.05, 0.1) is 0 Å². The minimum atomic E-state index is -0.857. The van der Waals surface area contributed by atoms with E-state index in [1.54, 1.807) is 0 Å². The predicted molar refractivity (Wildman–Crippen MR) is 114 cm³/mol.